The van der Waals surface area contributed by atoms with Crippen LogP contribution in [-0.4, -0.2) is 86.1 Å². The van der Waals surface area contributed by atoms with E-state index in [0.29, 0.717) is 0 Å². The predicted octanol–water partition coefficient (Wildman–Crippen LogP) is -0.247. The molecule has 2 N–H and O–H groups in total. The molecule has 20 heavy (non-hydrogen) atoms. The molecule has 2 saturated heterocycles. The number of nitrogens with zero attached hydrogens (tertiary/aromatic N) is 2. The maximum Gasteiger partial charge on any atom is 0.0791 e. The molecular weight excluding hydrogens is 254 g/mol. The van der Waals surface area contributed by atoms with Gasteiger partial charge in [-0.3, -0.25) is 4.90 Å². The second kappa shape index (κ2) is 7.18. The van der Waals surface area contributed by atoms with Gasteiger partial charge in [-0.2, -0.15) is 0 Å². The number of hydrogen-bond acceptors (Lipinski definition) is 5. The van der Waals surface area contributed by atoms with E-state index >= 15 is 0 Å². The Labute approximate surface area is 122 Å². The van der Waals surface area contributed by atoms with Crippen molar-refractivity contribution >= 4 is 0 Å². The summed E-state index contributed by atoms with van der Waals surface area (Å²) >= 11 is 0. The van der Waals surface area contributed by atoms with E-state index in [9.17, 15) is 5.11 Å². The van der Waals surface area contributed by atoms with E-state index in [4.69, 9.17) is 4.74 Å². The Morgan fingerprint density at radius 2 is 1.95 bits per heavy atom. The summed E-state index contributed by atoms with van der Waals surface area (Å²) in [5, 5.41) is 13.5. The highest BCUT2D eigenvalue weighted by atomic mass is 16.5. The van der Waals surface area contributed by atoms with Crippen LogP contribution in [0.1, 0.15) is 19.3 Å². The smallest absolute Gasteiger partial charge is 0.0791 e. The number of likely N-dealkylation sites (tertiary alicyclic amines) is 1. The largest absolute Gasteiger partial charge is 0.390 e. The van der Waals surface area contributed by atoms with E-state index < -0.39 is 0 Å². The summed E-state index contributed by atoms with van der Waals surface area (Å²) in [5.41, 5.74) is 0. The summed E-state index contributed by atoms with van der Waals surface area (Å²) in [6, 6.07) is 0.909. The standard InChI is InChI=1S/C15H29N3O2/c19-15(12-17-5-7-20-8-6-17)10-16-9-13-3-4-18(11-13)14-1-2-14/h13-16,19H,1-12H2. The minimum atomic E-state index is -0.256. The molecule has 3 rings (SSSR count). The minimum absolute atomic E-state index is 0.256. The third-order valence-electron chi connectivity index (χ3n) is 4.77. The van der Waals surface area contributed by atoms with Gasteiger partial charge in [0.25, 0.3) is 0 Å². The molecule has 0 bridgehead atoms. The lowest BCUT2D eigenvalue weighted by atomic mass is 10.1. The number of ether oxygens (including phenoxy) is 1. The minimum Gasteiger partial charge on any atom is -0.390 e. The van der Waals surface area contributed by atoms with Crippen LogP contribution >= 0.6 is 0 Å². The van der Waals surface area contributed by atoms with Crippen LogP contribution in [0.2, 0.25) is 0 Å². The molecule has 0 aromatic heterocycles. The first kappa shape index (κ1) is 14.7. The van der Waals surface area contributed by atoms with Crippen molar-refractivity contribution in [3.8, 4) is 0 Å². The molecule has 1 aliphatic carbocycles. The van der Waals surface area contributed by atoms with Gasteiger partial charge in [0.05, 0.1) is 19.3 Å². The number of β-amino-alcohol motifs (C(OH)–C–C–N with tert-alkyl or cyclic N) is 1. The van der Waals surface area contributed by atoms with Crippen LogP contribution in [0.5, 0.6) is 0 Å². The van der Waals surface area contributed by atoms with Crippen LogP contribution in [0.3, 0.4) is 0 Å². The molecule has 0 aromatic rings. The first-order valence-electron chi connectivity index (χ1n) is 8.24. The van der Waals surface area contributed by atoms with Crippen LogP contribution < -0.4 is 5.32 Å². The molecule has 5 heteroatoms. The molecule has 0 spiro atoms. The van der Waals surface area contributed by atoms with Crippen molar-refractivity contribution in [1.82, 2.24) is 15.1 Å². The zero-order valence-corrected chi connectivity index (χ0v) is 12.5. The van der Waals surface area contributed by atoms with E-state index in [1.165, 1.54) is 32.4 Å². The Balaban J connectivity index is 1.25. The highest BCUT2D eigenvalue weighted by molar-refractivity contribution is 4.90. The highest BCUT2D eigenvalue weighted by Crippen LogP contribution is 2.31. The van der Waals surface area contributed by atoms with Gasteiger partial charge >= 0.3 is 0 Å². The molecule has 1 saturated carbocycles. The molecular formula is C15H29N3O2. The van der Waals surface area contributed by atoms with Gasteiger partial charge in [-0.05, 0) is 38.3 Å². The molecule has 2 atom stereocenters. The van der Waals surface area contributed by atoms with Gasteiger partial charge in [0.2, 0.25) is 0 Å². The number of nitrogens with one attached hydrogen (secondary N) is 1. The lowest BCUT2D eigenvalue weighted by Crippen LogP contribution is -2.44. The van der Waals surface area contributed by atoms with Gasteiger partial charge in [0.1, 0.15) is 0 Å². The van der Waals surface area contributed by atoms with Crippen molar-refractivity contribution in [1.29, 1.82) is 0 Å². The molecule has 0 aromatic carbocycles. The van der Waals surface area contributed by atoms with Crippen LogP contribution in [0.4, 0.5) is 0 Å². The number of morpholine rings is 1. The third-order valence-corrected chi connectivity index (χ3v) is 4.77. The molecule has 0 radical (unpaired) electrons. The number of rotatable bonds is 7. The van der Waals surface area contributed by atoms with E-state index in [1.54, 1.807) is 0 Å². The topological polar surface area (TPSA) is 48.0 Å². The normalized spacial score (nSPS) is 30.8. The van der Waals surface area contributed by atoms with Crippen LogP contribution in [0.25, 0.3) is 0 Å². The molecule has 3 aliphatic rings. The van der Waals surface area contributed by atoms with E-state index in [-0.39, 0.29) is 6.10 Å². The predicted molar refractivity (Wildman–Crippen MR) is 78.8 cm³/mol. The molecule has 2 unspecified atom stereocenters. The molecule has 0 amide bonds. The van der Waals surface area contributed by atoms with Gasteiger partial charge in [-0.15, -0.1) is 0 Å². The Bertz CT molecular complexity index is 293. The first-order chi connectivity index (χ1) is 9.81. The second-order valence-corrected chi connectivity index (χ2v) is 6.61. The first-order valence-corrected chi connectivity index (χ1v) is 8.24. The van der Waals surface area contributed by atoms with Crippen LogP contribution in [0, 0.1) is 5.92 Å². The fourth-order valence-corrected chi connectivity index (χ4v) is 3.40. The van der Waals surface area contributed by atoms with Crippen molar-refractivity contribution in [2.45, 2.75) is 31.4 Å². The van der Waals surface area contributed by atoms with Crippen molar-refractivity contribution in [3.05, 3.63) is 0 Å². The van der Waals surface area contributed by atoms with Gasteiger partial charge < -0.3 is 20.1 Å². The lowest BCUT2D eigenvalue weighted by Gasteiger charge is -2.28. The van der Waals surface area contributed by atoms with Gasteiger partial charge in [0, 0.05) is 38.8 Å². The van der Waals surface area contributed by atoms with Crippen molar-refractivity contribution in [3.63, 3.8) is 0 Å². The fourth-order valence-electron chi connectivity index (χ4n) is 3.40. The molecule has 3 fully saturated rings. The zero-order valence-electron chi connectivity index (χ0n) is 12.5. The average molecular weight is 283 g/mol. The van der Waals surface area contributed by atoms with Gasteiger partial charge in [0.15, 0.2) is 0 Å². The maximum absolute atomic E-state index is 10.1. The Morgan fingerprint density at radius 3 is 2.70 bits per heavy atom. The quantitative estimate of drug-likeness (QED) is 0.675. The number of aliphatic hydroxyl groups is 1. The molecule has 2 heterocycles. The fraction of sp³-hybridized carbons (Fsp3) is 1.00. The summed E-state index contributed by atoms with van der Waals surface area (Å²) in [4.78, 5) is 4.94. The van der Waals surface area contributed by atoms with Crippen molar-refractivity contribution < 1.29 is 9.84 Å². The van der Waals surface area contributed by atoms with Crippen LogP contribution in [-0.2, 0) is 4.74 Å². The molecule has 2 aliphatic heterocycles. The van der Waals surface area contributed by atoms with E-state index in [1.807, 2.05) is 0 Å². The van der Waals surface area contributed by atoms with Crippen molar-refractivity contribution in [2.75, 3.05) is 59.0 Å². The Hall–Kier alpha value is -0.200. The van der Waals surface area contributed by atoms with E-state index in [2.05, 4.69) is 15.1 Å². The number of aliphatic hydroxyl groups excluding tert-OH is 1. The summed E-state index contributed by atoms with van der Waals surface area (Å²) in [6.07, 6.45) is 3.90. The van der Waals surface area contributed by atoms with Crippen molar-refractivity contribution in [2.24, 2.45) is 5.92 Å². The van der Waals surface area contributed by atoms with E-state index in [0.717, 1.165) is 57.9 Å². The summed E-state index contributed by atoms with van der Waals surface area (Å²) < 4.78 is 5.32. The van der Waals surface area contributed by atoms with Crippen LogP contribution in [0.15, 0.2) is 0 Å². The maximum atomic E-state index is 10.1. The number of hydrogen-bond donors (Lipinski definition) is 2. The van der Waals surface area contributed by atoms with Gasteiger partial charge in [-0.25, -0.2) is 0 Å². The third kappa shape index (κ3) is 4.40. The molecule has 116 valence electrons. The second-order valence-electron chi connectivity index (χ2n) is 6.61. The summed E-state index contributed by atoms with van der Waals surface area (Å²) in [7, 11) is 0. The lowest BCUT2D eigenvalue weighted by molar-refractivity contribution is 0.0148. The summed E-state index contributed by atoms with van der Waals surface area (Å²) in [6.45, 7) is 8.62. The molecule has 5 nitrogen and oxygen atoms in total. The zero-order chi connectivity index (χ0) is 13.8. The monoisotopic (exact) mass is 283 g/mol. The highest BCUT2D eigenvalue weighted by Gasteiger charge is 2.34. The SMILES string of the molecule is OC(CNCC1CCN(C2CC2)C1)CN1CCOCC1. The Morgan fingerprint density at radius 1 is 1.15 bits per heavy atom. The summed E-state index contributed by atoms with van der Waals surface area (Å²) in [5.74, 6) is 0.784. The Kier molecular flexibility index (Phi) is 5.29. The van der Waals surface area contributed by atoms with Gasteiger partial charge in [-0.1, -0.05) is 0 Å². The average Bonchev–Trinajstić information content (AvgIpc) is 3.20.